The maximum absolute atomic E-state index is 13.1. The van der Waals surface area contributed by atoms with E-state index in [1.807, 2.05) is 18.2 Å². The minimum atomic E-state index is -0.487. The molecule has 25 heavy (non-hydrogen) atoms. The predicted octanol–water partition coefficient (Wildman–Crippen LogP) is 3.34. The molecule has 0 aliphatic carbocycles. The number of hydrogen-bond donors (Lipinski definition) is 1. The van der Waals surface area contributed by atoms with Crippen molar-refractivity contribution in [3.63, 3.8) is 0 Å². The molecule has 1 fully saturated rings. The van der Waals surface area contributed by atoms with E-state index in [1.54, 1.807) is 24.0 Å². The molecule has 2 aromatic rings. The number of piperazine rings is 1. The third-order valence-corrected chi connectivity index (χ3v) is 4.78. The van der Waals surface area contributed by atoms with Gasteiger partial charge in [0.15, 0.2) is 0 Å². The molecule has 130 valence electrons. The Bertz CT molecular complexity index is 825. The number of non-ortho nitro benzene ring substituents is 1. The number of carbonyl (C=O) groups is 1. The molecule has 7 heteroatoms. The lowest BCUT2D eigenvalue weighted by molar-refractivity contribution is -0.384. The van der Waals surface area contributed by atoms with Gasteiger partial charge >= 0.3 is 0 Å². The van der Waals surface area contributed by atoms with Crippen molar-refractivity contribution in [1.82, 2.24) is 10.2 Å². The van der Waals surface area contributed by atoms with Gasteiger partial charge in [-0.2, -0.15) is 0 Å². The van der Waals surface area contributed by atoms with Crippen LogP contribution >= 0.6 is 11.6 Å². The Morgan fingerprint density at radius 3 is 2.80 bits per heavy atom. The third kappa shape index (κ3) is 3.50. The van der Waals surface area contributed by atoms with Crippen molar-refractivity contribution in [3.05, 3.63) is 74.3 Å². The topological polar surface area (TPSA) is 75.5 Å². The Hall–Kier alpha value is -2.44. The number of rotatable bonds is 3. The van der Waals surface area contributed by atoms with E-state index in [1.165, 1.54) is 12.1 Å². The fourth-order valence-corrected chi connectivity index (χ4v) is 3.34. The molecule has 2 aromatic carbocycles. The van der Waals surface area contributed by atoms with E-state index in [2.05, 4.69) is 5.32 Å². The summed E-state index contributed by atoms with van der Waals surface area (Å²) >= 11 is 6.32. The third-order valence-electron chi connectivity index (χ3n) is 4.43. The van der Waals surface area contributed by atoms with Crippen molar-refractivity contribution in [2.45, 2.75) is 13.0 Å². The monoisotopic (exact) mass is 359 g/mol. The number of carbonyl (C=O) groups excluding carboxylic acids is 1. The second kappa shape index (κ2) is 7.21. The van der Waals surface area contributed by atoms with Crippen LogP contribution in [0.4, 0.5) is 5.69 Å². The minimum absolute atomic E-state index is 0.0848. The lowest BCUT2D eigenvalue weighted by Crippen LogP contribution is -2.48. The Morgan fingerprint density at radius 1 is 1.32 bits per heavy atom. The van der Waals surface area contributed by atoms with Crippen LogP contribution in [0, 0.1) is 17.0 Å². The fourth-order valence-electron chi connectivity index (χ4n) is 3.08. The Balaban J connectivity index is 1.98. The van der Waals surface area contributed by atoms with Crippen LogP contribution < -0.4 is 5.32 Å². The zero-order chi connectivity index (χ0) is 18.0. The summed E-state index contributed by atoms with van der Waals surface area (Å²) in [5.41, 5.74) is 1.85. The summed E-state index contributed by atoms with van der Waals surface area (Å²) in [5, 5.41) is 14.9. The first-order valence-corrected chi connectivity index (χ1v) is 8.38. The molecule has 1 heterocycles. The zero-order valence-electron chi connectivity index (χ0n) is 13.7. The van der Waals surface area contributed by atoms with Gasteiger partial charge in [0.25, 0.3) is 11.6 Å². The molecule has 0 aromatic heterocycles. The molecule has 1 aliphatic heterocycles. The van der Waals surface area contributed by atoms with Crippen molar-refractivity contribution >= 4 is 23.2 Å². The van der Waals surface area contributed by atoms with Gasteiger partial charge in [0.2, 0.25) is 0 Å². The molecule has 0 saturated carbocycles. The van der Waals surface area contributed by atoms with Gasteiger partial charge in [-0.05, 0) is 24.1 Å². The zero-order valence-corrected chi connectivity index (χ0v) is 14.5. The molecule has 0 radical (unpaired) electrons. The van der Waals surface area contributed by atoms with Crippen LogP contribution in [-0.2, 0) is 0 Å². The molecule has 1 amide bonds. The first-order chi connectivity index (χ1) is 12.0. The van der Waals surface area contributed by atoms with Crippen LogP contribution in [0.1, 0.15) is 27.5 Å². The summed E-state index contributed by atoms with van der Waals surface area (Å²) in [4.78, 5) is 25.4. The molecule has 0 spiro atoms. The summed E-state index contributed by atoms with van der Waals surface area (Å²) in [6.45, 7) is 3.55. The highest BCUT2D eigenvalue weighted by atomic mass is 35.5. The first kappa shape index (κ1) is 17.4. The van der Waals surface area contributed by atoms with Crippen LogP contribution in [0.15, 0.2) is 42.5 Å². The molecular weight excluding hydrogens is 342 g/mol. The maximum atomic E-state index is 13.1. The molecule has 0 bridgehead atoms. The number of hydrogen-bond acceptors (Lipinski definition) is 4. The number of nitro benzene ring substituents is 1. The van der Waals surface area contributed by atoms with Gasteiger partial charge in [-0.1, -0.05) is 35.9 Å². The number of amides is 1. The smallest absolute Gasteiger partial charge is 0.270 e. The normalized spacial score (nSPS) is 17.4. The Kier molecular flexibility index (Phi) is 5.01. The van der Waals surface area contributed by atoms with Gasteiger partial charge in [0.05, 0.1) is 11.0 Å². The van der Waals surface area contributed by atoms with Gasteiger partial charge in [-0.3, -0.25) is 14.9 Å². The van der Waals surface area contributed by atoms with Crippen molar-refractivity contribution in [3.8, 4) is 0 Å². The van der Waals surface area contributed by atoms with Gasteiger partial charge < -0.3 is 10.2 Å². The minimum Gasteiger partial charge on any atom is -0.329 e. The van der Waals surface area contributed by atoms with E-state index in [0.29, 0.717) is 35.8 Å². The lowest BCUT2D eigenvalue weighted by atomic mass is 10.00. The average molecular weight is 360 g/mol. The molecule has 1 unspecified atom stereocenters. The highest BCUT2D eigenvalue weighted by Crippen LogP contribution is 2.30. The summed E-state index contributed by atoms with van der Waals surface area (Å²) in [7, 11) is 0. The molecule has 1 N–H and O–H groups in total. The van der Waals surface area contributed by atoms with Crippen LogP contribution in [0.3, 0.4) is 0 Å². The van der Waals surface area contributed by atoms with Crippen molar-refractivity contribution in [1.29, 1.82) is 0 Å². The summed E-state index contributed by atoms with van der Waals surface area (Å²) in [6.07, 6.45) is 0. The number of nitrogens with zero attached hydrogens (tertiary/aromatic N) is 2. The van der Waals surface area contributed by atoms with Crippen molar-refractivity contribution in [2.24, 2.45) is 0 Å². The Morgan fingerprint density at radius 2 is 2.08 bits per heavy atom. The van der Waals surface area contributed by atoms with Crippen molar-refractivity contribution < 1.29 is 9.72 Å². The molecular formula is C18H18ClN3O3. The number of halogens is 1. The van der Waals surface area contributed by atoms with E-state index >= 15 is 0 Å². The molecule has 1 aliphatic rings. The lowest BCUT2D eigenvalue weighted by Gasteiger charge is -2.37. The molecule has 3 rings (SSSR count). The maximum Gasteiger partial charge on any atom is 0.270 e. The van der Waals surface area contributed by atoms with E-state index in [4.69, 9.17) is 11.6 Å². The van der Waals surface area contributed by atoms with Crippen LogP contribution in [0.5, 0.6) is 0 Å². The number of aryl methyl sites for hydroxylation is 1. The van der Waals surface area contributed by atoms with E-state index in [9.17, 15) is 14.9 Å². The second-order valence-corrected chi connectivity index (χ2v) is 6.40. The van der Waals surface area contributed by atoms with E-state index in [0.717, 1.165) is 5.56 Å². The average Bonchev–Trinajstić information content (AvgIpc) is 2.62. The molecule has 1 atom stereocenters. The molecule has 1 saturated heterocycles. The highest BCUT2D eigenvalue weighted by molar-refractivity contribution is 6.31. The summed E-state index contributed by atoms with van der Waals surface area (Å²) < 4.78 is 0. The SMILES string of the molecule is Cc1ccc([N+](=O)[O-])cc1C(=O)N1CCNCC1c1ccccc1Cl. The highest BCUT2D eigenvalue weighted by Gasteiger charge is 2.31. The van der Waals surface area contributed by atoms with Crippen LogP contribution in [0.25, 0.3) is 0 Å². The van der Waals surface area contributed by atoms with Gasteiger partial charge in [-0.15, -0.1) is 0 Å². The quantitative estimate of drug-likeness (QED) is 0.673. The number of nitrogens with one attached hydrogen (secondary N) is 1. The predicted molar refractivity (Wildman–Crippen MR) is 95.9 cm³/mol. The van der Waals surface area contributed by atoms with Gasteiger partial charge in [0.1, 0.15) is 0 Å². The van der Waals surface area contributed by atoms with E-state index in [-0.39, 0.29) is 17.6 Å². The van der Waals surface area contributed by atoms with Crippen molar-refractivity contribution in [2.75, 3.05) is 19.6 Å². The van der Waals surface area contributed by atoms with Gasteiger partial charge in [-0.25, -0.2) is 0 Å². The second-order valence-electron chi connectivity index (χ2n) is 6.00. The van der Waals surface area contributed by atoms with Gasteiger partial charge in [0, 0.05) is 42.4 Å². The number of nitro groups is 1. The first-order valence-electron chi connectivity index (χ1n) is 8.00. The standard InChI is InChI=1S/C18H18ClN3O3/c1-12-6-7-13(22(24)25)10-15(12)18(23)21-9-8-20-11-17(21)14-4-2-3-5-16(14)19/h2-7,10,17,20H,8-9,11H2,1H3. The summed E-state index contributed by atoms with van der Waals surface area (Å²) in [6, 6.07) is 11.6. The largest absolute Gasteiger partial charge is 0.329 e. The van der Waals surface area contributed by atoms with E-state index < -0.39 is 4.92 Å². The fraction of sp³-hybridized carbons (Fsp3) is 0.278. The van der Waals surface area contributed by atoms with Crippen LogP contribution in [-0.4, -0.2) is 35.4 Å². The Labute approximate surface area is 150 Å². The van der Waals surface area contributed by atoms with Crippen LogP contribution in [0.2, 0.25) is 5.02 Å². The number of benzene rings is 2. The molecule has 6 nitrogen and oxygen atoms in total. The summed E-state index contributed by atoms with van der Waals surface area (Å²) in [5.74, 6) is -0.215.